The summed E-state index contributed by atoms with van der Waals surface area (Å²) in [5.41, 5.74) is 0.811. The molecule has 2 nitrogen and oxygen atoms in total. The van der Waals surface area contributed by atoms with E-state index in [2.05, 4.69) is 11.6 Å². The van der Waals surface area contributed by atoms with Gasteiger partial charge in [0.05, 0.1) is 6.10 Å². The second-order valence-corrected chi connectivity index (χ2v) is 6.36. The molecule has 1 saturated carbocycles. The van der Waals surface area contributed by atoms with Gasteiger partial charge in [-0.15, -0.1) is 0 Å². The first-order valence-corrected chi connectivity index (χ1v) is 8.06. The number of hydrogen-bond acceptors (Lipinski definition) is 3. The van der Waals surface area contributed by atoms with Gasteiger partial charge in [0.2, 0.25) is 0 Å². The number of hydrogen-bond donors (Lipinski definition) is 2. The molecule has 0 amide bonds. The highest BCUT2D eigenvalue weighted by molar-refractivity contribution is 7.99. The maximum Gasteiger partial charge on any atom is 0.0928 e. The minimum absolute atomic E-state index is 0.521. The van der Waals surface area contributed by atoms with Crippen LogP contribution in [0.1, 0.15) is 30.9 Å². The average molecular weight is 286 g/mol. The van der Waals surface area contributed by atoms with E-state index in [1.54, 1.807) is 0 Å². The van der Waals surface area contributed by atoms with Crippen LogP contribution < -0.4 is 5.32 Å². The molecule has 18 heavy (non-hydrogen) atoms. The Morgan fingerprint density at radius 3 is 2.89 bits per heavy atom. The van der Waals surface area contributed by atoms with Gasteiger partial charge in [-0.05, 0) is 31.6 Å². The van der Waals surface area contributed by atoms with Gasteiger partial charge in [0, 0.05) is 28.4 Å². The van der Waals surface area contributed by atoms with Crippen LogP contribution in [0, 0.1) is 0 Å². The highest BCUT2D eigenvalue weighted by Gasteiger charge is 2.24. The van der Waals surface area contributed by atoms with Gasteiger partial charge in [-0.1, -0.05) is 29.8 Å². The summed E-state index contributed by atoms with van der Waals surface area (Å²) in [7, 11) is 0. The van der Waals surface area contributed by atoms with Gasteiger partial charge in [0.1, 0.15) is 0 Å². The zero-order valence-corrected chi connectivity index (χ0v) is 12.2. The Bertz CT molecular complexity index is 388. The molecule has 0 bridgehead atoms. The number of rotatable bonds is 5. The fraction of sp³-hybridized carbons (Fsp3) is 0.571. The Kier molecular flexibility index (Phi) is 5.37. The van der Waals surface area contributed by atoms with Gasteiger partial charge in [-0.25, -0.2) is 0 Å². The van der Waals surface area contributed by atoms with Gasteiger partial charge in [-0.2, -0.15) is 11.8 Å². The maximum absolute atomic E-state index is 10.1. The number of aliphatic hydroxyl groups excluding tert-OH is 1. The van der Waals surface area contributed by atoms with Crippen molar-refractivity contribution in [2.24, 2.45) is 0 Å². The van der Waals surface area contributed by atoms with Crippen molar-refractivity contribution in [1.29, 1.82) is 0 Å². The quantitative estimate of drug-likeness (QED) is 0.871. The van der Waals surface area contributed by atoms with Gasteiger partial charge < -0.3 is 10.4 Å². The first kappa shape index (κ1) is 14.2. The van der Waals surface area contributed by atoms with Crippen molar-refractivity contribution in [1.82, 2.24) is 5.32 Å². The maximum atomic E-state index is 10.1. The van der Waals surface area contributed by atoms with Crippen LogP contribution >= 0.6 is 23.4 Å². The number of aliphatic hydroxyl groups is 1. The first-order valence-electron chi connectivity index (χ1n) is 6.39. The molecule has 0 aliphatic heterocycles. The Labute approximate surface area is 118 Å². The van der Waals surface area contributed by atoms with E-state index in [4.69, 9.17) is 11.6 Å². The molecular weight excluding hydrogens is 266 g/mol. The van der Waals surface area contributed by atoms with E-state index >= 15 is 0 Å². The molecule has 100 valence electrons. The second-order valence-electron chi connectivity index (χ2n) is 4.81. The normalized spacial score (nSPS) is 25.3. The van der Waals surface area contributed by atoms with Crippen molar-refractivity contribution in [2.45, 2.75) is 36.7 Å². The minimum atomic E-state index is -0.521. The minimum Gasteiger partial charge on any atom is -0.387 e. The van der Waals surface area contributed by atoms with E-state index in [9.17, 15) is 5.11 Å². The van der Waals surface area contributed by atoms with E-state index in [-0.39, 0.29) is 0 Å². The molecule has 2 rings (SSSR count). The lowest BCUT2D eigenvalue weighted by Crippen LogP contribution is -2.31. The summed E-state index contributed by atoms with van der Waals surface area (Å²) in [6, 6.07) is 8.03. The van der Waals surface area contributed by atoms with Crippen LogP contribution in [-0.2, 0) is 0 Å². The smallest absolute Gasteiger partial charge is 0.0928 e. The second kappa shape index (κ2) is 6.80. The predicted octanol–water partition coefficient (Wildman–Crippen LogP) is 3.25. The van der Waals surface area contributed by atoms with Crippen molar-refractivity contribution in [2.75, 3.05) is 12.8 Å². The lowest BCUT2D eigenvalue weighted by Gasteiger charge is -2.17. The van der Waals surface area contributed by atoms with E-state index in [0.29, 0.717) is 17.6 Å². The van der Waals surface area contributed by atoms with Crippen molar-refractivity contribution in [3.63, 3.8) is 0 Å². The fourth-order valence-corrected chi connectivity index (χ4v) is 3.53. The zero-order valence-electron chi connectivity index (χ0n) is 10.6. The summed E-state index contributed by atoms with van der Waals surface area (Å²) in [6.45, 7) is 0.579. The largest absolute Gasteiger partial charge is 0.387 e. The first-order chi connectivity index (χ1) is 8.70. The molecule has 4 heteroatoms. The van der Waals surface area contributed by atoms with Crippen LogP contribution in [0.3, 0.4) is 0 Å². The molecule has 0 heterocycles. The third kappa shape index (κ3) is 3.64. The summed E-state index contributed by atoms with van der Waals surface area (Å²) in [5, 5.41) is 15.0. The van der Waals surface area contributed by atoms with Crippen LogP contribution in [0.4, 0.5) is 0 Å². The Morgan fingerprint density at radius 2 is 2.22 bits per heavy atom. The highest BCUT2D eigenvalue weighted by Crippen LogP contribution is 2.29. The molecule has 0 saturated heterocycles. The monoisotopic (exact) mass is 285 g/mol. The van der Waals surface area contributed by atoms with Crippen LogP contribution in [-0.4, -0.2) is 29.2 Å². The van der Waals surface area contributed by atoms with Gasteiger partial charge in [0.25, 0.3) is 0 Å². The standard InChI is InChI=1S/C14H20ClNOS/c1-18-11-7-6-10(8-11)16-9-14(17)12-4-2-3-5-13(12)15/h2-5,10-11,14,16-17H,6-9H2,1H3. The predicted molar refractivity (Wildman–Crippen MR) is 79.4 cm³/mol. The van der Waals surface area contributed by atoms with Crippen molar-refractivity contribution in [3.8, 4) is 0 Å². The van der Waals surface area contributed by atoms with Gasteiger partial charge in [-0.3, -0.25) is 0 Å². The van der Waals surface area contributed by atoms with Crippen LogP contribution in [0.2, 0.25) is 5.02 Å². The fourth-order valence-electron chi connectivity index (χ4n) is 2.47. The molecule has 1 aromatic rings. The summed E-state index contributed by atoms with van der Waals surface area (Å²) in [6.07, 6.45) is 5.34. The summed E-state index contributed by atoms with van der Waals surface area (Å²) in [4.78, 5) is 0. The molecule has 3 atom stereocenters. The third-order valence-corrected chi connectivity index (χ3v) is 5.02. The van der Waals surface area contributed by atoms with Gasteiger partial charge in [0.15, 0.2) is 0 Å². The van der Waals surface area contributed by atoms with Crippen molar-refractivity contribution >= 4 is 23.4 Å². The van der Waals surface area contributed by atoms with Crippen molar-refractivity contribution in [3.05, 3.63) is 34.9 Å². The Hall–Kier alpha value is -0.220. The van der Waals surface area contributed by atoms with Crippen LogP contribution in [0.15, 0.2) is 24.3 Å². The number of benzene rings is 1. The molecule has 1 aliphatic carbocycles. The number of thioether (sulfide) groups is 1. The molecule has 2 N–H and O–H groups in total. The van der Waals surface area contributed by atoms with E-state index in [1.807, 2.05) is 36.0 Å². The van der Waals surface area contributed by atoms with Crippen LogP contribution in [0.25, 0.3) is 0 Å². The number of nitrogens with one attached hydrogen (secondary N) is 1. The summed E-state index contributed by atoms with van der Waals surface area (Å²) < 4.78 is 0. The molecular formula is C14H20ClNOS. The molecule has 3 unspecified atom stereocenters. The SMILES string of the molecule is CSC1CCC(NCC(O)c2ccccc2Cl)C1. The van der Waals surface area contributed by atoms with E-state index in [0.717, 1.165) is 10.8 Å². The van der Waals surface area contributed by atoms with Gasteiger partial charge >= 0.3 is 0 Å². The Balaban J connectivity index is 1.82. The van der Waals surface area contributed by atoms with Crippen LogP contribution in [0.5, 0.6) is 0 Å². The summed E-state index contributed by atoms with van der Waals surface area (Å²) in [5.74, 6) is 0. The molecule has 1 aliphatic rings. The number of halogens is 1. The third-order valence-electron chi connectivity index (χ3n) is 3.58. The molecule has 0 radical (unpaired) electrons. The molecule has 0 spiro atoms. The Morgan fingerprint density at radius 1 is 1.44 bits per heavy atom. The van der Waals surface area contributed by atoms with E-state index in [1.165, 1.54) is 19.3 Å². The molecule has 1 aromatic carbocycles. The molecule has 0 aromatic heterocycles. The van der Waals surface area contributed by atoms with E-state index < -0.39 is 6.10 Å². The van der Waals surface area contributed by atoms with Crippen molar-refractivity contribution < 1.29 is 5.11 Å². The average Bonchev–Trinajstić information content (AvgIpc) is 2.84. The molecule has 1 fully saturated rings. The zero-order chi connectivity index (χ0) is 13.0. The highest BCUT2D eigenvalue weighted by atomic mass is 35.5. The summed E-state index contributed by atoms with van der Waals surface area (Å²) >= 11 is 8.01. The topological polar surface area (TPSA) is 32.3 Å². The lowest BCUT2D eigenvalue weighted by molar-refractivity contribution is 0.170. The lowest BCUT2D eigenvalue weighted by atomic mass is 10.1.